The lowest BCUT2D eigenvalue weighted by molar-refractivity contribution is 0.669. The second-order valence-corrected chi connectivity index (χ2v) is 19.3. The summed E-state index contributed by atoms with van der Waals surface area (Å²) in [6.07, 6.45) is 0. The second kappa shape index (κ2) is 18.6. The first-order valence-electron chi connectivity index (χ1n) is 25.6. The Labute approximate surface area is 436 Å². The van der Waals surface area contributed by atoms with Crippen LogP contribution < -0.4 is 4.90 Å². The Morgan fingerprint density at radius 2 is 0.560 bits per heavy atom. The molecule has 0 radical (unpaired) electrons. The van der Waals surface area contributed by atoms with Crippen molar-refractivity contribution in [1.29, 1.82) is 0 Å². The van der Waals surface area contributed by atoms with Gasteiger partial charge in [0.25, 0.3) is 0 Å². The molecule has 0 fully saturated rings. The summed E-state index contributed by atoms with van der Waals surface area (Å²) in [7, 11) is 0. The van der Waals surface area contributed by atoms with Gasteiger partial charge in [0, 0.05) is 44.3 Å². The molecule has 0 saturated heterocycles. The maximum Gasteiger partial charge on any atom is 0.135 e. The first-order valence-corrected chi connectivity index (χ1v) is 25.6. The van der Waals surface area contributed by atoms with Crippen LogP contribution in [0.15, 0.2) is 296 Å². The molecule has 0 N–H and O–H groups in total. The van der Waals surface area contributed by atoms with Gasteiger partial charge in [0.05, 0.1) is 11.0 Å². The number of hydrogen-bond donors (Lipinski definition) is 0. The Balaban J connectivity index is 0.757. The van der Waals surface area contributed by atoms with Crippen LogP contribution in [0.2, 0.25) is 0 Å². The molecule has 0 spiro atoms. The quantitative estimate of drug-likeness (QED) is 0.136. The Bertz CT molecular complexity index is 4330. The van der Waals surface area contributed by atoms with Crippen LogP contribution in [0.4, 0.5) is 17.1 Å². The summed E-state index contributed by atoms with van der Waals surface area (Å²) in [4.78, 5) is 2.35. The molecule has 2 aromatic heterocycles. The molecule has 14 rings (SSSR count). The van der Waals surface area contributed by atoms with Gasteiger partial charge in [-0.3, -0.25) is 0 Å². The maximum absolute atomic E-state index is 6.11. The van der Waals surface area contributed by atoms with E-state index in [1.165, 1.54) is 83.1 Å². The topological polar surface area (TPSA) is 21.3 Å². The molecular formula is C72H48N2O. The number of fused-ring (bicyclic) bond motifs is 6. The highest BCUT2D eigenvalue weighted by Gasteiger charge is 2.17. The summed E-state index contributed by atoms with van der Waals surface area (Å²) >= 11 is 0. The van der Waals surface area contributed by atoms with Gasteiger partial charge in [-0.25, -0.2) is 0 Å². The maximum atomic E-state index is 6.11. The van der Waals surface area contributed by atoms with E-state index in [2.05, 4.69) is 289 Å². The molecule has 0 bridgehead atoms. The normalized spacial score (nSPS) is 11.5. The zero-order chi connectivity index (χ0) is 49.7. The van der Waals surface area contributed by atoms with Crippen molar-refractivity contribution in [3.63, 3.8) is 0 Å². The van der Waals surface area contributed by atoms with E-state index in [0.29, 0.717) is 0 Å². The number of para-hydroxylation sites is 3. The second-order valence-electron chi connectivity index (χ2n) is 19.3. The lowest BCUT2D eigenvalue weighted by atomic mass is 9.98. The molecule has 75 heavy (non-hydrogen) atoms. The SMILES string of the molecule is c1ccc(-c2ccc(-c3ccc(N(c4ccc(-c5ccc(-c6ccc7oc8ccccc8c7c6)cc5)cc4)c4ccc(-c5ccc(-c6ccc7c(c6)c6ccccc6n7-c6ccccc6)cc5)cc4)cc3)cc2)cc1. The number of nitrogens with zero attached hydrogens (tertiary/aromatic N) is 2. The van der Waals surface area contributed by atoms with E-state index in [0.717, 1.165) is 50.1 Å². The van der Waals surface area contributed by atoms with Crippen LogP contribution in [0.5, 0.6) is 0 Å². The van der Waals surface area contributed by atoms with E-state index in [1.54, 1.807) is 0 Å². The zero-order valence-corrected chi connectivity index (χ0v) is 41.0. The number of rotatable bonds is 10. The van der Waals surface area contributed by atoms with Crippen LogP contribution in [0.1, 0.15) is 0 Å². The van der Waals surface area contributed by atoms with Crippen molar-refractivity contribution in [3.8, 4) is 72.4 Å². The van der Waals surface area contributed by atoms with Crippen LogP contribution in [0, 0.1) is 0 Å². The summed E-state index contributed by atoms with van der Waals surface area (Å²) in [5, 5.41) is 4.78. The van der Waals surface area contributed by atoms with Crippen molar-refractivity contribution in [2.45, 2.75) is 0 Å². The van der Waals surface area contributed by atoms with Gasteiger partial charge in [-0.15, -0.1) is 0 Å². The van der Waals surface area contributed by atoms with Gasteiger partial charge < -0.3 is 13.9 Å². The van der Waals surface area contributed by atoms with Gasteiger partial charge in [-0.05, 0) is 152 Å². The van der Waals surface area contributed by atoms with Gasteiger partial charge in [0.2, 0.25) is 0 Å². The molecule has 2 heterocycles. The van der Waals surface area contributed by atoms with Gasteiger partial charge in [0.15, 0.2) is 0 Å². The smallest absolute Gasteiger partial charge is 0.135 e. The zero-order valence-electron chi connectivity index (χ0n) is 41.0. The Kier molecular flexibility index (Phi) is 10.8. The molecule has 0 saturated carbocycles. The molecule has 12 aromatic carbocycles. The van der Waals surface area contributed by atoms with E-state index in [-0.39, 0.29) is 0 Å². The van der Waals surface area contributed by atoms with Crippen LogP contribution in [0.3, 0.4) is 0 Å². The summed E-state index contributed by atoms with van der Waals surface area (Å²) in [6, 6.07) is 105. The molecule has 14 aromatic rings. The van der Waals surface area contributed by atoms with E-state index in [1.807, 2.05) is 12.1 Å². The van der Waals surface area contributed by atoms with Crippen molar-refractivity contribution in [2.24, 2.45) is 0 Å². The monoisotopic (exact) mass is 956 g/mol. The van der Waals surface area contributed by atoms with Crippen LogP contribution in [-0.2, 0) is 0 Å². The molecule has 0 aliphatic rings. The van der Waals surface area contributed by atoms with Gasteiger partial charge in [0.1, 0.15) is 11.2 Å². The summed E-state index contributed by atoms with van der Waals surface area (Å²) in [6.45, 7) is 0. The fourth-order valence-electron chi connectivity index (χ4n) is 11.0. The Morgan fingerprint density at radius 3 is 1.07 bits per heavy atom. The minimum Gasteiger partial charge on any atom is -0.456 e. The standard InChI is InChI=1S/C72H48N2O/c1-3-11-49(12-4-1)50-19-21-51(22-20-50)54-31-39-62(40-32-54)73(64-43-35-56(36-44-64)53-25-29-58(30-26-53)60-38-46-72-68(48-60)66-16-8-10-18-71(66)75-72)63-41-33-55(34-42-63)52-23-27-57(28-24-52)59-37-45-70-67(47-59)65-15-7-9-17-69(65)74(70)61-13-5-2-6-14-61/h1-48H. The molecule has 0 aliphatic heterocycles. The van der Waals surface area contributed by atoms with Crippen molar-refractivity contribution in [3.05, 3.63) is 291 Å². The molecule has 0 atom stereocenters. The third-order valence-corrected chi connectivity index (χ3v) is 14.9. The van der Waals surface area contributed by atoms with Crippen molar-refractivity contribution >= 4 is 60.8 Å². The van der Waals surface area contributed by atoms with E-state index in [9.17, 15) is 0 Å². The molecule has 3 nitrogen and oxygen atoms in total. The number of aromatic nitrogens is 1. The summed E-state index contributed by atoms with van der Waals surface area (Å²) < 4.78 is 8.47. The lowest BCUT2D eigenvalue weighted by Gasteiger charge is -2.26. The lowest BCUT2D eigenvalue weighted by Crippen LogP contribution is -2.09. The van der Waals surface area contributed by atoms with Gasteiger partial charge in [-0.2, -0.15) is 0 Å². The minimum absolute atomic E-state index is 0.909. The first kappa shape index (κ1) is 43.8. The minimum atomic E-state index is 0.909. The molecular weight excluding hydrogens is 909 g/mol. The van der Waals surface area contributed by atoms with E-state index >= 15 is 0 Å². The number of hydrogen-bond acceptors (Lipinski definition) is 2. The molecule has 352 valence electrons. The first-order chi connectivity index (χ1) is 37.1. The fraction of sp³-hybridized carbons (Fsp3) is 0. The number of anilines is 3. The van der Waals surface area contributed by atoms with Crippen LogP contribution in [0.25, 0.3) is 116 Å². The van der Waals surface area contributed by atoms with E-state index < -0.39 is 0 Å². The third-order valence-electron chi connectivity index (χ3n) is 14.9. The summed E-state index contributed by atoms with van der Waals surface area (Å²) in [5.74, 6) is 0. The number of benzene rings is 12. The van der Waals surface area contributed by atoms with Gasteiger partial charge in [-0.1, -0.05) is 206 Å². The Morgan fingerprint density at radius 1 is 0.227 bits per heavy atom. The van der Waals surface area contributed by atoms with Crippen molar-refractivity contribution in [1.82, 2.24) is 4.57 Å². The molecule has 3 heteroatoms. The van der Waals surface area contributed by atoms with Crippen LogP contribution >= 0.6 is 0 Å². The highest BCUT2D eigenvalue weighted by atomic mass is 16.3. The highest BCUT2D eigenvalue weighted by molar-refractivity contribution is 6.10. The predicted molar refractivity (Wildman–Crippen MR) is 315 cm³/mol. The molecule has 0 unspecified atom stereocenters. The predicted octanol–water partition coefficient (Wildman–Crippen LogP) is 20.2. The molecule has 0 aliphatic carbocycles. The summed E-state index contributed by atoms with van der Waals surface area (Å²) in [5.41, 5.74) is 22.8. The van der Waals surface area contributed by atoms with E-state index in [4.69, 9.17) is 4.42 Å². The van der Waals surface area contributed by atoms with Gasteiger partial charge >= 0.3 is 0 Å². The van der Waals surface area contributed by atoms with Crippen molar-refractivity contribution in [2.75, 3.05) is 4.90 Å². The Hall–Kier alpha value is -9.96. The van der Waals surface area contributed by atoms with Crippen LogP contribution in [-0.4, -0.2) is 4.57 Å². The average molecular weight is 957 g/mol. The fourth-order valence-corrected chi connectivity index (χ4v) is 11.0. The average Bonchev–Trinajstić information content (AvgIpc) is 4.04. The third kappa shape index (κ3) is 8.14. The largest absolute Gasteiger partial charge is 0.456 e. The molecule has 0 amide bonds. The van der Waals surface area contributed by atoms with Crippen molar-refractivity contribution < 1.29 is 4.42 Å². The highest BCUT2D eigenvalue weighted by Crippen LogP contribution is 2.40. The number of furan rings is 1.